The minimum Gasteiger partial charge on any atom is -0.378 e. The van der Waals surface area contributed by atoms with Crippen LogP contribution in [-0.2, 0) is 22.1 Å². The van der Waals surface area contributed by atoms with E-state index in [9.17, 15) is 10.1 Å². The summed E-state index contributed by atoms with van der Waals surface area (Å²) in [4.78, 5) is 20.2. The third kappa shape index (κ3) is 3.29. The van der Waals surface area contributed by atoms with Gasteiger partial charge in [0.25, 0.3) is 0 Å². The van der Waals surface area contributed by atoms with Gasteiger partial charge in [-0.05, 0) is 18.2 Å². The van der Waals surface area contributed by atoms with Crippen molar-refractivity contribution in [3.8, 4) is 17.3 Å². The third-order valence-electron chi connectivity index (χ3n) is 5.20. The molecule has 0 radical (unpaired) electrons. The Hall–Kier alpha value is -3.48. The van der Waals surface area contributed by atoms with Crippen LogP contribution in [0.2, 0.25) is 0 Å². The number of amides is 2. The van der Waals surface area contributed by atoms with Crippen LogP contribution in [0.3, 0.4) is 0 Å². The fourth-order valence-electron chi connectivity index (χ4n) is 3.66. The molecule has 1 aliphatic heterocycles. The summed E-state index contributed by atoms with van der Waals surface area (Å²) in [7, 11) is 3.52. The number of nitrogens with zero attached hydrogens (tertiary/aromatic N) is 4. The number of nitrogens with two attached hydrogens (primary N) is 1. The molecule has 3 aromatic heterocycles. The number of hydrogen-bond donors (Lipinski definition) is 2. The van der Waals surface area contributed by atoms with Crippen molar-refractivity contribution in [2.45, 2.75) is 12.0 Å². The third-order valence-corrected chi connectivity index (χ3v) is 5.20. The average Bonchev–Trinajstić information content (AvgIpc) is 3.33. The molecule has 1 fully saturated rings. The molecule has 0 saturated carbocycles. The first-order valence-corrected chi connectivity index (χ1v) is 9.03. The topological polar surface area (TPSA) is 128 Å². The maximum atomic E-state index is 11.2. The fraction of sp³-hybridized carbons (Fsp3) is 0.300. The van der Waals surface area contributed by atoms with Crippen LogP contribution in [0.15, 0.2) is 30.6 Å². The van der Waals surface area contributed by atoms with E-state index >= 15 is 0 Å². The van der Waals surface area contributed by atoms with Crippen LogP contribution in [0.4, 0.5) is 10.6 Å². The predicted molar refractivity (Wildman–Crippen MR) is 106 cm³/mol. The molecule has 4 rings (SSSR count). The fourth-order valence-corrected chi connectivity index (χ4v) is 3.66. The van der Waals surface area contributed by atoms with E-state index in [1.165, 1.54) is 0 Å². The molecule has 3 aromatic rings. The van der Waals surface area contributed by atoms with Gasteiger partial charge in [0.1, 0.15) is 11.4 Å². The molecule has 0 aromatic carbocycles. The molecule has 0 spiro atoms. The first kappa shape index (κ1) is 18.9. The number of fused-ring (bicyclic) bond motifs is 1. The van der Waals surface area contributed by atoms with E-state index in [0.717, 1.165) is 16.5 Å². The van der Waals surface area contributed by atoms with E-state index in [1.807, 2.05) is 17.8 Å². The molecule has 148 valence electrons. The first-order chi connectivity index (χ1) is 14.0. The summed E-state index contributed by atoms with van der Waals surface area (Å²) in [6.07, 6.45) is 4.23. The molecule has 9 heteroatoms. The Morgan fingerprint density at radius 1 is 1.45 bits per heavy atom. The standard InChI is InChI=1S/C20H20N6O3/c1-26-10-14(13-7-18(25-19(22)27)23-9-16(13)26)15-5-12(8-21)6-17(24-15)20(28-2)3-4-29-11-20/h5-7,9-10H,3-4,11H2,1-2H3,(H3,22,23,25,27)/t20-/m1/s1. The first-order valence-electron chi connectivity index (χ1n) is 9.03. The number of methoxy groups -OCH3 is 1. The Morgan fingerprint density at radius 2 is 2.28 bits per heavy atom. The zero-order valence-corrected chi connectivity index (χ0v) is 16.1. The summed E-state index contributed by atoms with van der Waals surface area (Å²) in [5.41, 5.74) is 7.97. The van der Waals surface area contributed by atoms with Gasteiger partial charge in [-0.2, -0.15) is 5.26 Å². The van der Waals surface area contributed by atoms with Crippen LogP contribution in [0.25, 0.3) is 22.2 Å². The van der Waals surface area contributed by atoms with Gasteiger partial charge < -0.3 is 19.8 Å². The van der Waals surface area contributed by atoms with Gasteiger partial charge in [-0.3, -0.25) is 5.32 Å². The number of nitrogens with one attached hydrogen (secondary N) is 1. The molecule has 1 atom stereocenters. The van der Waals surface area contributed by atoms with Gasteiger partial charge >= 0.3 is 6.03 Å². The van der Waals surface area contributed by atoms with Crippen molar-refractivity contribution in [1.29, 1.82) is 5.26 Å². The highest BCUT2D eigenvalue weighted by Crippen LogP contribution is 2.36. The van der Waals surface area contributed by atoms with E-state index in [0.29, 0.717) is 42.4 Å². The van der Waals surface area contributed by atoms with Crippen LogP contribution < -0.4 is 11.1 Å². The molecule has 3 N–H and O–H groups in total. The van der Waals surface area contributed by atoms with Crippen molar-refractivity contribution in [3.63, 3.8) is 0 Å². The molecular formula is C20H20N6O3. The van der Waals surface area contributed by atoms with E-state index in [1.54, 1.807) is 31.5 Å². The molecule has 4 heterocycles. The normalized spacial score (nSPS) is 18.7. The summed E-state index contributed by atoms with van der Waals surface area (Å²) in [6.45, 7) is 0.959. The van der Waals surface area contributed by atoms with E-state index < -0.39 is 11.6 Å². The van der Waals surface area contributed by atoms with Gasteiger partial charge in [-0.25, -0.2) is 14.8 Å². The smallest absolute Gasteiger partial charge is 0.317 e. The zero-order chi connectivity index (χ0) is 20.6. The van der Waals surface area contributed by atoms with Crippen LogP contribution >= 0.6 is 0 Å². The monoisotopic (exact) mass is 392 g/mol. The maximum Gasteiger partial charge on any atom is 0.317 e. The van der Waals surface area contributed by atoms with E-state index in [2.05, 4.69) is 16.4 Å². The largest absolute Gasteiger partial charge is 0.378 e. The van der Waals surface area contributed by atoms with Crippen molar-refractivity contribution >= 4 is 22.8 Å². The number of rotatable bonds is 4. The number of ether oxygens (including phenoxy) is 2. The second-order valence-electron chi connectivity index (χ2n) is 6.97. The summed E-state index contributed by atoms with van der Waals surface area (Å²) in [6, 6.07) is 6.73. The zero-order valence-electron chi connectivity index (χ0n) is 16.1. The number of carbonyl (C=O) groups excluding carboxylic acids is 1. The Kier molecular flexibility index (Phi) is 4.66. The molecular weight excluding hydrogens is 372 g/mol. The van der Waals surface area contributed by atoms with Gasteiger partial charge in [0, 0.05) is 44.3 Å². The van der Waals surface area contributed by atoms with Crippen molar-refractivity contribution in [1.82, 2.24) is 14.5 Å². The maximum absolute atomic E-state index is 11.2. The number of aromatic nitrogens is 3. The number of urea groups is 1. The van der Waals surface area contributed by atoms with Crippen molar-refractivity contribution in [3.05, 3.63) is 41.9 Å². The molecule has 1 aliphatic rings. The predicted octanol–water partition coefficient (Wildman–Crippen LogP) is 2.26. The van der Waals surface area contributed by atoms with Gasteiger partial charge in [0.05, 0.1) is 41.3 Å². The molecule has 9 nitrogen and oxygen atoms in total. The van der Waals surface area contributed by atoms with Crippen molar-refractivity contribution in [2.75, 3.05) is 25.6 Å². The number of hydrogen-bond acceptors (Lipinski definition) is 6. The van der Waals surface area contributed by atoms with Gasteiger partial charge in [-0.15, -0.1) is 0 Å². The highest BCUT2D eigenvalue weighted by atomic mass is 16.5. The van der Waals surface area contributed by atoms with E-state index in [-0.39, 0.29) is 0 Å². The number of primary amides is 1. The molecule has 1 saturated heterocycles. The van der Waals surface area contributed by atoms with Crippen LogP contribution in [0, 0.1) is 11.3 Å². The number of anilines is 1. The lowest BCUT2D eigenvalue weighted by Gasteiger charge is -2.25. The second-order valence-corrected chi connectivity index (χ2v) is 6.97. The lowest BCUT2D eigenvalue weighted by atomic mass is 9.95. The molecule has 0 aliphatic carbocycles. The lowest BCUT2D eigenvalue weighted by molar-refractivity contribution is -0.0245. The van der Waals surface area contributed by atoms with Crippen LogP contribution in [0.5, 0.6) is 0 Å². The Bertz CT molecular complexity index is 1140. The highest BCUT2D eigenvalue weighted by Gasteiger charge is 2.39. The molecule has 2 amide bonds. The minimum atomic E-state index is -0.690. The quantitative estimate of drug-likeness (QED) is 0.701. The number of pyridine rings is 2. The number of carbonyl (C=O) groups is 1. The van der Waals surface area contributed by atoms with Crippen molar-refractivity contribution in [2.24, 2.45) is 12.8 Å². The molecule has 0 bridgehead atoms. The van der Waals surface area contributed by atoms with Gasteiger partial charge in [0.15, 0.2) is 0 Å². The summed E-state index contributed by atoms with van der Waals surface area (Å²) >= 11 is 0. The minimum absolute atomic E-state index is 0.340. The highest BCUT2D eigenvalue weighted by molar-refractivity contribution is 5.98. The molecule has 0 unspecified atom stereocenters. The summed E-state index contributed by atoms with van der Waals surface area (Å²) in [5.74, 6) is 0.340. The summed E-state index contributed by atoms with van der Waals surface area (Å²) in [5, 5.41) is 12.9. The van der Waals surface area contributed by atoms with Crippen molar-refractivity contribution < 1.29 is 14.3 Å². The van der Waals surface area contributed by atoms with Gasteiger partial charge in [0.2, 0.25) is 0 Å². The van der Waals surface area contributed by atoms with Crippen LogP contribution in [0.1, 0.15) is 17.7 Å². The Morgan fingerprint density at radius 3 is 2.93 bits per heavy atom. The Balaban J connectivity index is 1.90. The lowest BCUT2D eigenvalue weighted by Crippen LogP contribution is -2.30. The summed E-state index contributed by atoms with van der Waals surface area (Å²) < 4.78 is 13.2. The second kappa shape index (κ2) is 7.16. The SMILES string of the molecule is CO[C@]1(c2cc(C#N)cc(-c3cn(C)c4cnc(NC(N)=O)cc34)n2)CCOC1. The van der Waals surface area contributed by atoms with Gasteiger partial charge in [-0.1, -0.05) is 0 Å². The molecule has 29 heavy (non-hydrogen) atoms. The average molecular weight is 392 g/mol. The Labute approximate surface area is 167 Å². The number of nitriles is 1. The van der Waals surface area contributed by atoms with Crippen LogP contribution in [-0.4, -0.2) is 40.9 Å². The van der Waals surface area contributed by atoms with E-state index in [4.69, 9.17) is 20.2 Å². The number of aryl methyl sites for hydroxylation is 1.